The fourth-order valence-corrected chi connectivity index (χ4v) is 2.56. The molecule has 1 heterocycles. The second-order valence-electron chi connectivity index (χ2n) is 3.74. The summed E-state index contributed by atoms with van der Waals surface area (Å²) in [5.74, 6) is -0.0798. The monoisotopic (exact) mass is 265 g/mol. The SMILES string of the molecule is O=C(NCCOCCO)c1cc2ccccc2s1. The summed E-state index contributed by atoms with van der Waals surface area (Å²) in [6.45, 7) is 1.17. The summed E-state index contributed by atoms with van der Waals surface area (Å²) in [6.07, 6.45) is 0. The maximum atomic E-state index is 11.8. The molecule has 96 valence electrons. The number of fused-ring (bicyclic) bond motifs is 1. The van der Waals surface area contributed by atoms with Gasteiger partial charge < -0.3 is 15.2 Å². The number of rotatable bonds is 6. The lowest BCUT2D eigenvalue weighted by molar-refractivity contribution is 0.0840. The summed E-state index contributed by atoms with van der Waals surface area (Å²) in [5, 5.41) is 12.4. The van der Waals surface area contributed by atoms with Crippen LogP contribution in [0.15, 0.2) is 30.3 Å². The number of ether oxygens (including phenoxy) is 1. The first-order valence-corrected chi connectivity index (χ1v) is 6.58. The van der Waals surface area contributed by atoms with E-state index in [1.165, 1.54) is 11.3 Å². The summed E-state index contributed by atoms with van der Waals surface area (Å²) in [6, 6.07) is 9.81. The van der Waals surface area contributed by atoms with E-state index in [0.29, 0.717) is 24.6 Å². The zero-order chi connectivity index (χ0) is 12.8. The minimum Gasteiger partial charge on any atom is -0.394 e. The van der Waals surface area contributed by atoms with Crippen LogP contribution < -0.4 is 5.32 Å². The molecule has 0 bridgehead atoms. The number of aliphatic hydroxyl groups is 1. The molecule has 0 aliphatic rings. The molecule has 0 radical (unpaired) electrons. The van der Waals surface area contributed by atoms with Gasteiger partial charge in [-0.1, -0.05) is 18.2 Å². The van der Waals surface area contributed by atoms with Crippen molar-refractivity contribution >= 4 is 27.3 Å². The van der Waals surface area contributed by atoms with Gasteiger partial charge in [0.05, 0.1) is 24.7 Å². The van der Waals surface area contributed by atoms with Crippen LogP contribution in [-0.4, -0.2) is 37.4 Å². The minimum absolute atomic E-state index is 0.00423. The quantitative estimate of drug-likeness (QED) is 0.781. The third kappa shape index (κ3) is 3.29. The van der Waals surface area contributed by atoms with Crippen LogP contribution in [0.3, 0.4) is 0 Å². The van der Waals surface area contributed by atoms with Gasteiger partial charge in [0.2, 0.25) is 0 Å². The van der Waals surface area contributed by atoms with Crippen LogP contribution in [-0.2, 0) is 4.74 Å². The number of hydrogen-bond acceptors (Lipinski definition) is 4. The van der Waals surface area contributed by atoms with Gasteiger partial charge in [0.15, 0.2) is 0 Å². The highest BCUT2D eigenvalue weighted by Crippen LogP contribution is 2.24. The van der Waals surface area contributed by atoms with Crippen LogP contribution in [0, 0.1) is 0 Å². The first-order valence-electron chi connectivity index (χ1n) is 5.76. The second-order valence-corrected chi connectivity index (χ2v) is 4.82. The predicted molar refractivity (Wildman–Crippen MR) is 72.1 cm³/mol. The maximum Gasteiger partial charge on any atom is 0.261 e. The molecule has 1 aromatic carbocycles. The lowest BCUT2D eigenvalue weighted by Gasteiger charge is -2.03. The number of hydrogen-bond donors (Lipinski definition) is 2. The molecule has 0 aliphatic heterocycles. The molecular formula is C13H15NO3S. The second kappa shape index (κ2) is 6.49. The zero-order valence-electron chi connectivity index (χ0n) is 9.89. The Morgan fingerprint density at radius 1 is 1.33 bits per heavy atom. The van der Waals surface area contributed by atoms with Gasteiger partial charge in [0, 0.05) is 11.2 Å². The highest BCUT2D eigenvalue weighted by atomic mass is 32.1. The van der Waals surface area contributed by atoms with Crippen molar-refractivity contribution in [3.63, 3.8) is 0 Å². The maximum absolute atomic E-state index is 11.8. The molecule has 18 heavy (non-hydrogen) atoms. The molecule has 0 fully saturated rings. The van der Waals surface area contributed by atoms with Crippen LogP contribution in [0.2, 0.25) is 0 Å². The Balaban J connectivity index is 1.88. The van der Waals surface area contributed by atoms with Crippen molar-refractivity contribution in [2.75, 3.05) is 26.4 Å². The van der Waals surface area contributed by atoms with Crippen molar-refractivity contribution in [2.24, 2.45) is 0 Å². The van der Waals surface area contributed by atoms with Crippen molar-refractivity contribution in [3.05, 3.63) is 35.2 Å². The van der Waals surface area contributed by atoms with Crippen molar-refractivity contribution in [1.29, 1.82) is 0 Å². The van der Waals surface area contributed by atoms with Crippen LogP contribution in [0.25, 0.3) is 10.1 Å². The smallest absolute Gasteiger partial charge is 0.261 e. The van der Waals surface area contributed by atoms with Gasteiger partial charge in [-0.05, 0) is 17.5 Å². The van der Waals surface area contributed by atoms with Crippen molar-refractivity contribution in [1.82, 2.24) is 5.32 Å². The van der Waals surface area contributed by atoms with Crippen molar-refractivity contribution in [3.8, 4) is 0 Å². The Labute approximate surface area is 109 Å². The number of benzene rings is 1. The van der Waals surface area contributed by atoms with E-state index >= 15 is 0 Å². The zero-order valence-corrected chi connectivity index (χ0v) is 10.7. The first kappa shape index (κ1) is 13.0. The summed E-state index contributed by atoms with van der Waals surface area (Å²) in [4.78, 5) is 12.5. The molecule has 0 unspecified atom stereocenters. The lowest BCUT2D eigenvalue weighted by Crippen LogP contribution is -2.26. The van der Waals surface area contributed by atoms with Gasteiger partial charge in [-0.3, -0.25) is 4.79 Å². The normalized spacial score (nSPS) is 10.7. The van der Waals surface area contributed by atoms with E-state index in [9.17, 15) is 4.79 Å². The van der Waals surface area contributed by atoms with E-state index in [1.807, 2.05) is 30.3 Å². The molecule has 0 aliphatic carbocycles. The van der Waals surface area contributed by atoms with E-state index in [1.54, 1.807) is 0 Å². The molecule has 0 saturated carbocycles. The Morgan fingerprint density at radius 2 is 2.17 bits per heavy atom. The Kier molecular flexibility index (Phi) is 4.69. The van der Waals surface area contributed by atoms with E-state index in [2.05, 4.69) is 5.32 Å². The number of nitrogens with one attached hydrogen (secondary N) is 1. The van der Waals surface area contributed by atoms with Crippen LogP contribution >= 0.6 is 11.3 Å². The molecule has 2 rings (SSSR count). The molecule has 4 nitrogen and oxygen atoms in total. The molecule has 0 spiro atoms. The molecule has 1 amide bonds. The topological polar surface area (TPSA) is 58.6 Å². The number of thiophene rings is 1. The fourth-order valence-electron chi connectivity index (χ4n) is 1.58. The number of carbonyl (C=O) groups is 1. The van der Waals surface area contributed by atoms with E-state index in [0.717, 1.165) is 10.1 Å². The highest BCUT2D eigenvalue weighted by molar-refractivity contribution is 7.20. The molecule has 0 saturated heterocycles. The van der Waals surface area contributed by atoms with Crippen molar-refractivity contribution < 1.29 is 14.6 Å². The summed E-state index contributed by atoms with van der Waals surface area (Å²) < 4.78 is 6.18. The molecule has 0 atom stereocenters. The summed E-state index contributed by atoms with van der Waals surface area (Å²) in [7, 11) is 0. The van der Waals surface area contributed by atoms with E-state index < -0.39 is 0 Å². The van der Waals surface area contributed by atoms with Crippen LogP contribution in [0.5, 0.6) is 0 Å². The number of carbonyl (C=O) groups excluding carboxylic acids is 1. The van der Waals surface area contributed by atoms with E-state index in [-0.39, 0.29) is 12.5 Å². The standard InChI is InChI=1S/C13H15NO3S/c15-6-8-17-7-5-14-13(16)12-9-10-3-1-2-4-11(10)18-12/h1-4,9,15H,5-8H2,(H,14,16). The van der Waals surface area contributed by atoms with Gasteiger partial charge in [0.25, 0.3) is 5.91 Å². The van der Waals surface area contributed by atoms with E-state index in [4.69, 9.17) is 9.84 Å². The van der Waals surface area contributed by atoms with Crippen LogP contribution in [0.4, 0.5) is 0 Å². The van der Waals surface area contributed by atoms with Crippen LogP contribution in [0.1, 0.15) is 9.67 Å². The minimum atomic E-state index is -0.0798. The highest BCUT2D eigenvalue weighted by Gasteiger charge is 2.08. The molecule has 5 heteroatoms. The third-order valence-electron chi connectivity index (χ3n) is 2.42. The van der Waals surface area contributed by atoms with Gasteiger partial charge in [-0.25, -0.2) is 0 Å². The van der Waals surface area contributed by atoms with Gasteiger partial charge in [0.1, 0.15) is 0 Å². The largest absolute Gasteiger partial charge is 0.394 e. The fraction of sp³-hybridized carbons (Fsp3) is 0.308. The Hall–Kier alpha value is -1.43. The van der Waals surface area contributed by atoms with Gasteiger partial charge in [-0.15, -0.1) is 11.3 Å². The number of aliphatic hydroxyl groups excluding tert-OH is 1. The summed E-state index contributed by atoms with van der Waals surface area (Å²) >= 11 is 1.48. The molecule has 1 aromatic heterocycles. The Bertz CT molecular complexity index is 491. The summed E-state index contributed by atoms with van der Waals surface area (Å²) in [5.41, 5.74) is 0. The molecule has 2 aromatic rings. The average molecular weight is 265 g/mol. The van der Waals surface area contributed by atoms with Crippen molar-refractivity contribution in [2.45, 2.75) is 0 Å². The average Bonchev–Trinajstić information content (AvgIpc) is 2.82. The molecule has 2 N–H and O–H groups in total. The Morgan fingerprint density at radius 3 is 2.94 bits per heavy atom. The third-order valence-corrected chi connectivity index (χ3v) is 3.53. The first-order chi connectivity index (χ1) is 8.81. The molecular weight excluding hydrogens is 250 g/mol. The predicted octanol–water partition coefficient (Wildman–Crippen LogP) is 1.64. The lowest BCUT2D eigenvalue weighted by atomic mass is 10.2. The van der Waals surface area contributed by atoms with Gasteiger partial charge >= 0.3 is 0 Å². The number of amides is 1. The van der Waals surface area contributed by atoms with Gasteiger partial charge in [-0.2, -0.15) is 0 Å².